The molecule has 3 aromatic rings. The lowest BCUT2D eigenvalue weighted by atomic mass is 10.1. The van der Waals surface area contributed by atoms with Gasteiger partial charge in [-0.3, -0.25) is 4.79 Å². The smallest absolute Gasteiger partial charge is 0.269 e. The molecule has 6 heteroatoms. The average Bonchev–Trinajstić information content (AvgIpc) is 3.32. The Morgan fingerprint density at radius 3 is 2.78 bits per heavy atom. The number of carbonyl (C=O) groups excluding carboxylic acids is 1. The Balaban J connectivity index is 1.28. The molecular weight excluding hydrogens is 342 g/mol. The van der Waals surface area contributed by atoms with Crippen molar-refractivity contribution < 1.29 is 14.3 Å². The van der Waals surface area contributed by atoms with Gasteiger partial charge in [0.1, 0.15) is 12.4 Å². The van der Waals surface area contributed by atoms with Gasteiger partial charge in [-0.2, -0.15) is 0 Å². The van der Waals surface area contributed by atoms with Gasteiger partial charge in [0.05, 0.1) is 11.9 Å². The second-order valence-corrected chi connectivity index (χ2v) is 6.75. The summed E-state index contributed by atoms with van der Waals surface area (Å²) >= 11 is 0. The van der Waals surface area contributed by atoms with Crippen molar-refractivity contribution in [1.82, 2.24) is 9.55 Å². The number of ether oxygens (including phenoxy) is 2. The van der Waals surface area contributed by atoms with Crippen molar-refractivity contribution >= 4 is 11.6 Å². The van der Waals surface area contributed by atoms with Crippen molar-refractivity contribution in [3.8, 4) is 22.8 Å². The van der Waals surface area contributed by atoms with Gasteiger partial charge in [0.25, 0.3) is 5.91 Å². The molecule has 0 aliphatic carbocycles. The van der Waals surface area contributed by atoms with Crippen LogP contribution in [0.5, 0.6) is 11.5 Å². The number of rotatable bonds is 3. The zero-order chi connectivity index (χ0) is 18.2. The highest BCUT2D eigenvalue weighted by Crippen LogP contribution is 2.31. The minimum absolute atomic E-state index is 0.197. The number of nitrogens with zero attached hydrogens (tertiary/aromatic N) is 2. The first kappa shape index (κ1) is 15.9. The molecular formula is C21H19N3O3. The van der Waals surface area contributed by atoms with Gasteiger partial charge in [-0.25, -0.2) is 4.98 Å². The second kappa shape index (κ2) is 6.46. The van der Waals surface area contributed by atoms with Gasteiger partial charge >= 0.3 is 0 Å². The van der Waals surface area contributed by atoms with Crippen molar-refractivity contribution in [3.05, 3.63) is 60.6 Å². The SMILES string of the molecule is O=C(Nc1ccc(-c2cnc3n2CCC3)cc1)[C@H]1COc2ccccc2O1. The number of fused-ring (bicyclic) bond motifs is 2. The molecule has 1 amide bonds. The first-order chi connectivity index (χ1) is 13.3. The number of imidazole rings is 1. The highest BCUT2D eigenvalue weighted by atomic mass is 16.6. The number of benzene rings is 2. The zero-order valence-corrected chi connectivity index (χ0v) is 14.7. The van der Waals surface area contributed by atoms with E-state index in [1.807, 2.05) is 48.7 Å². The number of para-hydroxylation sites is 2. The van der Waals surface area contributed by atoms with Crippen molar-refractivity contribution in [3.63, 3.8) is 0 Å². The minimum Gasteiger partial charge on any atom is -0.485 e. The summed E-state index contributed by atoms with van der Waals surface area (Å²) < 4.78 is 13.6. The van der Waals surface area contributed by atoms with E-state index in [2.05, 4.69) is 14.9 Å². The molecule has 0 bridgehead atoms. The van der Waals surface area contributed by atoms with Crippen LogP contribution in [-0.2, 0) is 17.8 Å². The van der Waals surface area contributed by atoms with Gasteiger partial charge in [0.2, 0.25) is 6.10 Å². The molecule has 5 rings (SSSR count). The molecule has 136 valence electrons. The first-order valence-corrected chi connectivity index (χ1v) is 9.12. The maximum absolute atomic E-state index is 12.5. The van der Waals surface area contributed by atoms with E-state index in [9.17, 15) is 4.79 Å². The summed E-state index contributed by atoms with van der Waals surface area (Å²) in [5.41, 5.74) is 2.95. The number of nitrogens with one attached hydrogen (secondary N) is 1. The number of hydrogen-bond donors (Lipinski definition) is 1. The van der Waals surface area contributed by atoms with Crippen LogP contribution in [0.1, 0.15) is 12.2 Å². The van der Waals surface area contributed by atoms with E-state index in [0.29, 0.717) is 11.5 Å². The highest BCUT2D eigenvalue weighted by molar-refractivity contribution is 5.95. The van der Waals surface area contributed by atoms with Crippen molar-refractivity contribution in [2.24, 2.45) is 0 Å². The van der Waals surface area contributed by atoms with E-state index in [1.54, 1.807) is 6.07 Å². The molecule has 1 atom stereocenters. The Hall–Kier alpha value is -3.28. The lowest BCUT2D eigenvalue weighted by molar-refractivity contribution is -0.125. The molecule has 0 radical (unpaired) electrons. The van der Waals surface area contributed by atoms with E-state index in [0.717, 1.165) is 42.2 Å². The number of amides is 1. The largest absolute Gasteiger partial charge is 0.485 e. The molecule has 0 unspecified atom stereocenters. The van der Waals surface area contributed by atoms with E-state index in [1.165, 1.54) is 0 Å². The highest BCUT2D eigenvalue weighted by Gasteiger charge is 2.27. The fourth-order valence-electron chi connectivity index (χ4n) is 3.58. The molecule has 2 aromatic carbocycles. The molecule has 0 fully saturated rings. The van der Waals surface area contributed by atoms with Crippen molar-refractivity contribution in [2.75, 3.05) is 11.9 Å². The summed E-state index contributed by atoms with van der Waals surface area (Å²) in [4.78, 5) is 17.0. The van der Waals surface area contributed by atoms with Crippen molar-refractivity contribution in [2.45, 2.75) is 25.5 Å². The van der Waals surface area contributed by atoms with Gasteiger partial charge in [-0.1, -0.05) is 24.3 Å². The molecule has 2 aliphatic rings. The Kier molecular flexibility index (Phi) is 3.81. The topological polar surface area (TPSA) is 65.4 Å². The maximum Gasteiger partial charge on any atom is 0.269 e. The Bertz CT molecular complexity index is 994. The van der Waals surface area contributed by atoms with Gasteiger partial charge in [-0.15, -0.1) is 0 Å². The molecule has 0 saturated carbocycles. The standard InChI is InChI=1S/C21H19N3O3/c25-21(19-13-26-17-4-1-2-5-18(17)27-19)23-15-9-7-14(8-10-15)16-12-22-20-6-3-11-24(16)20/h1-2,4-5,7-10,12,19H,3,6,11,13H2,(H,23,25)/t19-/m1/s1. The van der Waals surface area contributed by atoms with Gasteiger partial charge < -0.3 is 19.4 Å². The summed E-state index contributed by atoms with van der Waals surface area (Å²) in [7, 11) is 0. The molecule has 2 aliphatic heterocycles. The van der Waals surface area contributed by atoms with Crippen molar-refractivity contribution in [1.29, 1.82) is 0 Å². The van der Waals surface area contributed by atoms with E-state index < -0.39 is 6.10 Å². The zero-order valence-electron chi connectivity index (χ0n) is 14.7. The van der Waals surface area contributed by atoms with Crippen LogP contribution in [0.3, 0.4) is 0 Å². The van der Waals surface area contributed by atoms with Crippen LogP contribution in [0.15, 0.2) is 54.7 Å². The third kappa shape index (κ3) is 2.93. The molecule has 1 N–H and O–H groups in total. The van der Waals surface area contributed by atoms with Crippen LogP contribution < -0.4 is 14.8 Å². The predicted molar refractivity (Wildman–Crippen MR) is 101 cm³/mol. The molecule has 27 heavy (non-hydrogen) atoms. The quantitative estimate of drug-likeness (QED) is 0.778. The first-order valence-electron chi connectivity index (χ1n) is 9.12. The molecule has 0 saturated heterocycles. The fraction of sp³-hybridized carbons (Fsp3) is 0.238. The van der Waals surface area contributed by atoms with Crippen LogP contribution in [-0.4, -0.2) is 28.2 Å². The number of aryl methyl sites for hydroxylation is 1. The van der Waals surface area contributed by atoms with E-state index in [-0.39, 0.29) is 12.5 Å². The van der Waals surface area contributed by atoms with E-state index >= 15 is 0 Å². The van der Waals surface area contributed by atoms with Crippen LogP contribution in [0.4, 0.5) is 5.69 Å². The summed E-state index contributed by atoms with van der Waals surface area (Å²) in [5, 5.41) is 2.90. The van der Waals surface area contributed by atoms with Gasteiger partial charge in [0.15, 0.2) is 11.5 Å². The third-order valence-corrected chi connectivity index (χ3v) is 4.97. The minimum atomic E-state index is -0.669. The van der Waals surface area contributed by atoms with Crippen LogP contribution in [0.2, 0.25) is 0 Å². The Morgan fingerprint density at radius 2 is 1.93 bits per heavy atom. The normalized spacial score (nSPS) is 17.4. The van der Waals surface area contributed by atoms with Crippen LogP contribution in [0, 0.1) is 0 Å². The van der Waals surface area contributed by atoms with Crippen LogP contribution in [0.25, 0.3) is 11.3 Å². The second-order valence-electron chi connectivity index (χ2n) is 6.75. The monoisotopic (exact) mass is 361 g/mol. The summed E-state index contributed by atoms with van der Waals surface area (Å²) in [6.45, 7) is 1.21. The van der Waals surface area contributed by atoms with Gasteiger partial charge in [0, 0.05) is 18.7 Å². The molecule has 0 spiro atoms. The molecule has 3 heterocycles. The average molecular weight is 361 g/mol. The summed E-state index contributed by atoms with van der Waals surface area (Å²) in [6.07, 6.45) is 3.45. The Labute approximate surface area is 156 Å². The van der Waals surface area contributed by atoms with Crippen LogP contribution >= 0.6 is 0 Å². The van der Waals surface area contributed by atoms with Gasteiger partial charge in [-0.05, 0) is 36.2 Å². The molecule has 6 nitrogen and oxygen atoms in total. The Morgan fingerprint density at radius 1 is 1.11 bits per heavy atom. The fourth-order valence-corrected chi connectivity index (χ4v) is 3.58. The predicted octanol–water partition coefficient (Wildman–Crippen LogP) is 3.27. The number of aromatic nitrogens is 2. The number of hydrogen-bond acceptors (Lipinski definition) is 4. The lowest BCUT2D eigenvalue weighted by Gasteiger charge is -2.25. The summed E-state index contributed by atoms with van der Waals surface area (Å²) in [6, 6.07) is 15.2. The third-order valence-electron chi connectivity index (χ3n) is 4.97. The number of anilines is 1. The maximum atomic E-state index is 12.5. The lowest BCUT2D eigenvalue weighted by Crippen LogP contribution is -2.40. The number of carbonyl (C=O) groups is 1. The summed E-state index contributed by atoms with van der Waals surface area (Å²) in [5.74, 6) is 2.19. The molecule has 1 aromatic heterocycles. The van der Waals surface area contributed by atoms with E-state index in [4.69, 9.17) is 9.47 Å².